The first-order valence-corrected chi connectivity index (χ1v) is 4.70. The van der Waals surface area contributed by atoms with E-state index in [9.17, 15) is 4.79 Å². The summed E-state index contributed by atoms with van der Waals surface area (Å²) < 4.78 is 5.07. The van der Waals surface area contributed by atoms with Crippen molar-refractivity contribution in [1.29, 1.82) is 0 Å². The van der Waals surface area contributed by atoms with Crippen LogP contribution in [0.4, 0.5) is 0 Å². The number of ether oxygens (including phenoxy) is 1. The van der Waals surface area contributed by atoms with Crippen molar-refractivity contribution in [3.8, 4) is 0 Å². The molecule has 0 aliphatic carbocycles. The SMILES string of the molecule is CNC1CN(C(=O)C2(C)COC2)C1. The summed E-state index contributed by atoms with van der Waals surface area (Å²) in [5.74, 6) is 0.255. The Balaban J connectivity index is 1.86. The van der Waals surface area contributed by atoms with Gasteiger partial charge in [0.25, 0.3) is 0 Å². The highest BCUT2D eigenvalue weighted by Crippen LogP contribution is 2.30. The Morgan fingerprint density at radius 3 is 2.54 bits per heavy atom. The first-order chi connectivity index (χ1) is 6.15. The van der Waals surface area contributed by atoms with Gasteiger partial charge in [0, 0.05) is 19.1 Å². The van der Waals surface area contributed by atoms with Crippen LogP contribution in [0.3, 0.4) is 0 Å². The molecule has 4 heteroatoms. The fourth-order valence-electron chi connectivity index (χ4n) is 1.74. The average Bonchev–Trinajstić information content (AvgIpc) is 1.98. The fourth-order valence-corrected chi connectivity index (χ4v) is 1.74. The van der Waals surface area contributed by atoms with Gasteiger partial charge in [0.2, 0.25) is 5.91 Å². The van der Waals surface area contributed by atoms with Crippen LogP contribution >= 0.6 is 0 Å². The quantitative estimate of drug-likeness (QED) is 0.626. The van der Waals surface area contributed by atoms with Gasteiger partial charge in [0.15, 0.2) is 0 Å². The van der Waals surface area contributed by atoms with E-state index in [1.807, 2.05) is 18.9 Å². The Morgan fingerprint density at radius 2 is 2.15 bits per heavy atom. The molecule has 74 valence electrons. The molecule has 4 nitrogen and oxygen atoms in total. The molecule has 0 aromatic heterocycles. The maximum atomic E-state index is 11.8. The van der Waals surface area contributed by atoms with Gasteiger partial charge < -0.3 is 15.0 Å². The number of nitrogens with one attached hydrogen (secondary N) is 1. The van der Waals surface area contributed by atoms with Crippen molar-refractivity contribution in [2.24, 2.45) is 5.41 Å². The van der Waals surface area contributed by atoms with Crippen LogP contribution in [-0.2, 0) is 9.53 Å². The highest BCUT2D eigenvalue weighted by Gasteiger charge is 2.46. The second-order valence-electron chi connectivity index (χ2n) is 4.25. The Labute approximate surface area is 78.2 Å². The van der Waals surface area contributed by atoms with E-state index in [0.717, 1.165) is 13.1 Å². The molecule has 0 bridgehead atoms. The first-order valence-electron chi connectivity index (χ1n) is 4.70. The third kappa shape index (κ3) is 1.34. The van der Waals surface area contributed by atoms with E-state index in [0.29, 0.717) is 19.3 Å². The van der Waals surface area contributed by atoms with Crippen LogP contribution in [0.25, 0.3) is 0 Å². The molecule has 2 saturated heterocycles. The summed E-state index contributed by atoms with van der Waals surface area (Å²) in [6.07, 6.45) is 0. The third-order valence-electron chi connectivity index (χ3n) is 2.93. The largest absolute Gasteiger partial charge is 0.379 e. The van der Waals surface area contributed by atoms with Crippen molar-refractivity contribution in [3.63, 3.8) is 0 Å². The fraction of sp³-hybridized carbons (Fsp3) is 0.889. The number of likely N-dealkylation sites (tertiary alicyclic amines) is 1. The molecule has 2 heterocycles. The van der Waals surface area contributed by atoms with Crippen LogP contribution < -0.4 is 5.32 Å². The molecule has 0 saturated carbocycles. The molecular formula is C9H16N2O2. The van der Waals surface area contributed by atoms with Crippen LogP contribution in [-0.4, -0.2) is 50.2 Å². The minimum atomic E-state index is -0.224. The predicted molar refractivity (Wildman–Crippen MR) is 48.4 cm³/mol. The Hall–Kier alpha value is -0.610. The molecule has 2 rings (SSSR count). The summed E-state index contributed by atoms with van der Waals surface area (Å²) in [6.45, 7) is 4.86. The number of carbonyl (C=O) groups is 1. The standard InChI is InChI=1S/C9H16N2O2/c1-9(5-13-6-9)8(12)11-3-7(4-11)10-2/h7,10H,3-6H2,1-2H3. The van der Waals surface area contributed by atoms with Crippen molar-refractivity contribution in [1.82, 2.24) is 10.2 Å². The van der Waals surface area contributed by atoms with Gasteiger partial charge in [-0.15, -0.1) is 0 Å². The van der Waals surface area contributed by atoms with Gasteiger partial charge >= 0.3 is 0 Å². The molecule has 1 amide bonds. The second-order valence-corrected chi connectivity index (χ2v) is 4.25. The summed E-state index contributed by atoms with van der Waals surface area (Å²) >= 11 is 0. The molecule has 2 aliphatic rings. The molecule has 0 spiro atoms. The molecule has 0 radical (unpaired) electrons. The van der Waals surface area contributed by atoms with Crippen LogP contribution in [0.15, 0.2) is 0 Å². The number of rotatable bonds is 2. The van der Waals surface area contributed by atoms with Crippen molar-refractivity contribution >= 4 is 5.91 Å². The summed E-state index contributed by atoms with van der Waals surface area (Å²) in [5.41, 5.74) is -0.224. The number of carbonyl (C=O) groups excluding carboxylic acids is 1. The summed E-state index contributed by atoms with van der Waals surface area (Å²) in [5, 5.41) is 3.15. The maximum Gasteiger partial charge on any atom is 0.233 e. The van der Waals surface area contributed by atoms with Crippen LogP contribution in [0.2, 0.25) is 0 Å². The maximum absolute atomic E-state index is 11.8. The molecule has 13 heavy (non-hydrogen) atoms. The lowest BCUT2D eigenvalue weighted by molar-refractivity contribution is -0.173. The minimum Gasteiger partial charge on any atom is -0.379 e. The van der Waals surface area contributed by atoms with E-state index in [1.54, 1.807) is 0 Å². The second kappa shape index (κ2) is 2.96. The Bertz CT molecular complexity index is 220. The normalized spacial score (nSPS) is 26.5. The van der Waals surface area contributed by atoms with Crippen LogP contribution in [0.1, 0.15) is 6.92 Å². The van der Waals surface area contributed by atoms with Crippen molar-refractivity contribution in [2.45, 2.75) is 13.0 Å². The van der Waals surface area contributed by atoms with E-state index in [1.165, 1.54) is 0 Å². The zero-order chi connectivity index (χ0) is 9.47. The lowest BCUT2D eigenvalue weighted by Crippen LogP contribution is -2.64. The molecule has 0 aromatic rings. The average molecular weight is 184 g/mol. The topological polar surface area (TPSA) is 41.6 Å². The smallest absolute Gasteiger partial charge is 0.233 e. The van der Waals surface area contributed by atoms with E-state index in [-0.39, 0.29) is 11.3 Å². The number of nitrogens with zero attached hydrogens (tertiary/aromatic N) is 1. The van der Waals surface area contributed by atoms with Gasteiger partial charge in [0.1, 0.15) is 0 Å². The lowest BCUT2D eigenvalue weighted by atomic mass is 9.85. The van der Waals surface area contributed by atoms with Crippen molar-refractivity contribution in [3.05, 3.63) is 0 Å². The van der Waals surface area contributed by atoms with Crippen LogP contribution in [0, 0.1) is 5.41 Å². The zero-order valence-electron chi connectivity index (χ0n) is 8.17. The molecular weight excluding hydrogens is 168 g/mol. The van der Waals surface area contributed by atoms with Gasteiger partial charge in [-0.2, -0.15) is 0 Å². The Kier molecular flexibility index (Phi) is 2.04. The van der Waals surface area contributed by atoms with Gasteiger partial charge in [-0.05, 0) is 14.0 Å². The number of likely N-dealkylation sites (N-methyl/N-ethyl adjacent to an activating group) is 1. The van der Waals surface area contributed by atoms with E-state index >= 15 is 0 Å². The number of amides is 1. The molecule has 0 atom stereocenters. The highest BCUT2D eigenvalue weighted by molar-refractivity contribution is 5.84. The van der Waals surface area contributed by atoms with Gasteiger partial charge in [-0.1, -0.05) is 0 Å². The van der Waals surface area contributed by atoms with Gasteiger partial charge in [-0.3, -0.25) is 4.79 Å². The monoisotopic (exact) mass is 184 g/mol. The molecule has 0 unspecified atom stereocenters. The molecule has 1 N–H and O–H groups in total. The molecule has 2 fully saturated rings. The summed E-state index contributed by atoms with van der Waals surface area (Å²) in [7, 11) is 1.93. The first kappa shape index (κ1) is 8.97. The third-order valence-corrected chi connectivity index (χ3v) is 2.93. The van der Waals surface area contributed by atoms with E-state index in [2.05, 4.69) is 5.32 Å². The predicted octanol–water partition coefficient (Wildman–Crippen LogP) is -0.547. The summed E-state index contributed by atoms with van der Waals surface area (Å²) in [4.78, 5) is 13.7. The van der Waals surface area contributed by atoms with Crippen molar-refractivity contribution < 1.29 is 9.53 Å². The number of hydrogen-bond acceptors (Lipinski definition) is 3. The Morgan fingerprint density at radius 1 is 1.54 bits per heavy atom. The van der Waals surface area contributed by atoms with Gasteiger partial charge in [0.05, 0.1) is 18.6 Å². The van der Waals surface area contributed by atoms with E-state index < -0.39 is 0 Å². The minimum absolute atomic E-state index is 0.224. The van der Waals surface area contributed by atoms with Gasteiger partial charge in [-0.25, -0.2) is 0 Å². The highest BCUT2D eigenvalue weighted by atomic mass is 16.5. The number of hydrogen-bond donors (Lipinski definition) is 1. The van der Waals surface area contributed by atoms with Crippen LogP contribution in [0.5, 0.6) is 0 Å². The molecule has 0 aromatic carbocycles. The molecule has 2 aliphatic heterocycles. The van der Waals surface area contributed by atoms with Crippen molar-refractivity contribution in [2.75, 3.05) is 33.4 Å². The van der Waals surface area contributed by atoms with E-state index in [4.69, 9.17) is 4.74 Å². The summed E-state index contributed by atoms with van der Waals surface area (Å²) in [6, 6.07) is 0.494. The zero-order valence-corrected chi connectivity index (χ0v) is 8.17. The lowest BCUT2D eigenvalue weighted by Gasteiger charge is -2.46.